The summed E-state index contributed by atoms with van der Waals surface area (Å²) in [6.07, 6.45) is 1.80. The maximum Gasteiger partial charge on any atom is 0.417 e. The fraction of sp³-hybridized carbons (Fsp3) is 0.619. The van der Waals surface area contributed by atoms with Crippen LogP contribution in [0.4, 0.5) is 4.79 Å². The molecule has 0 atom stereocenters. The largest absolute Gasteiger partial charge is 0.492 e. The average Bonchev–Trinajstić information content (AvgIpc) is 3.02. The Balaban J connectivity index is 1.73. The second-order valence-corrected chi connectivity index (χ2v) is 11.0. The van der Waals surface area contributed by atoms with Crippen molar-refractivity contribution in [3.05, 3.63) is 28.8 Å². The molecular formula is C21H30N2O7S. The number of carbonyl (C=O) groups excluding carboxylic acids is 2. The van der Waals surface area contributed by atoms with Crippen molar-refractivity contribution < 1.29 is 32.6 Å². The first-order valence-corrected chi connectivity index (χ1v) is 12.1. The van der Waals surface area contributed by atoms with E-state index in [-0.39, 0.29) is 24.6 Å². The number of piperidine rings is 1. The van der Waals surface area contributed by atoms with E-state index in [1.54, 1.807) is 32.9 Å². The van der Waals surface area contributed by atoms with Crippen LogP contribution in [0.15, 0.2) is 12.1 Å². The Kier molecular flexibility index (Phi) is 6.64. The van der Waals surface area contributed by atoms with Gasteiger partial charge in [0.25, 0.3) is 5.91 Å². The lowest BCUT2D eigenvalue weighted by Crippen LogP contribution is -2.39. The second kappa shape index (κ2) is 8.76. The molecule has 2 aliphatic heterocycles. The Bertz CT molecular complexity index is 961. The monoisotopic (exact) mass is 454 g/mol. The zero-order chi connectivity index (χ0) is 23.0. The van der Waals surface area contributed by atoms with Crippen LogP contribution in [0.2, 0.25) is 0 Å². The molecule has 2 aliphatic rings. The summed E-state index contributed by atoms with van der Waals surface area (Å²) in [5.41, 5.74) is 0.642. The van der Waals surface area contributed by atoms with Crippen molar-refractivity contribution in [3.8, 4) is 5.75 Å². The summed E-state index contributed by atoms with van der Waals surface area (Å²) in [4.78, 5) is 26.5. The smallest absolute Gasteiger partial charge is 0.417 e. The molecule has 3 rings (SSSR count). The summed E-state index contributed by atoms with van der Waals surface area (Å²) in [5, 5.41) is 9.67. The highest BCUT2D eigenvalue weighted by atomic mass is 32.2. The molecule has 172 valence electrons. The lowest BCUT2D eigenvalue weighted by atomic mass is 9.99. The number of hydrogen-bond donors (Lipinski definition) is 1. The lowest BCUT2D eigenvalue weighted by Gasteiger charge is -2.30. The number of carbonyl (C=O) groups is 2. The molecule has 1 fully saturated rings. The molecule has 10 heteroatoms. The first kappa shape index (κ1) is 23.5. The zero-order valence-electron chi connectivity index (χ0n) is 18.4. The molecule has 31 heavy (non-hydrogen) atoms. The van der Waals surface area contributed by atoms with Gasteiger partial charge in [-0.2, -0.15) is 0 Å². The van der Waals surface area contributed by atoms with Crippen molar-refractivity contribution in [1.82, 2.24) is 9.21 Å². The fourth-order valence-corrected chi connectivity index (χ4v) is 4.67. The van der Waals surface area contributed by atoms with Crippen molar-refractivity contribution >= 4 is 22.0 Å². The number of fused-ring (bicyclic) bond motifs is 1. The van der Waals surface area contributed by atoms with Crippen molar-refractivity contribution in [3.63, 3.8) is 0 Å². The average molecular weight is 455 g/mol. The van der Waals surface area contributed by atoms with Crippen LogP contribution in [0.3, 0.4) is 0 Å². The van der Waals surface area contributed by atoms with E-state index in [4.69, 9.17) is 9.47 Å². The fourth-order valence-electron chi connectivity index (χ4n) is 3.80. The summed E-state index contributed by atoms with van der Waals surface area (Å²) < 4.78 is 36.1. The van der Waals surface area contributed by atoms with Gasteiger partial charge in [0.1, 0.15) is 11.4 Å². The van der Waals surface area contributed by atoms with Crippen LogP contribution < -0.4 is 4.74 Å². The van der Waals surface area contributed by atoms with Crippen LogP contribution in [0.1, 0.15) is 55.1 Å². The maximum absolute atomic E-state index is 13.0. The summed E-state index contributed by atoms with van der Waals surface area (Å²) >= 11 is 0. The molecule has 2 heterocycles. The van der Waals surface area contributed by atoms with Gasteiger partial charge in [0.05, 0.1) is 31.6 Å². The quantitative estimate of drug-likeness (QED) is 0.725. The number of hydrogen-bond acceptors (Lipinski definition) is 7. The third-order valence-electron chi connectivity index (χ3n) is 5.45. The van der Waals surface area contributed by atoms with Crippen molar-refractivity contribution in [2.45, 2.75) is 52.4 Å². The minimum absolute atomic E-state index is 0.0168. The number of ether oxygens (including phenoxy) is 2. The molecule has 0 unspecified atom stereocenters. The molecule has 1 aromatic rings. The van der Waals surface area contributed by atoms with Crippen molar-refractivity contribution in [2.75, 3.05) is 26.0 Å². The topological polar surface area (TPSA) is 113 Å². The Morgan fingerprint density at radius 2 is 1.87 bits per heavy atom. The molecule has 2 amide bonds. The summed E-state index contributed by atoms with van der Waals surface area (Å²) in [7, 11) is -3.19. The third-order valence-corrected chi connectivity index (χ3v) is 6.75. The highest BCUT2D eigenvalue weighted by molar-refractivity contribution is 7.88. The van der Waals surface area contributed by atoms with Crippen molar-refractivity contribution in [1.29, 1.82) is 0 Å². The summed E-state index contributed by atoms with van der Waals surface area (Å²) in [6.45, 7) is 6.15. The first-order valence-electron chi connectivity index (χ1n) is 10.3. The lowest BCUT2D eigenvalue weighted by molar-refractivity contribution is 0.0247. The molecule has 1 aromatic carbocycles. The molecule has 0 saturated carbocycles. The standard InChI is InChI=1S/C21H30N2O7S/c1-21(2,3)30-20(26)23-11-16-15(12-24)5-6-17(18(16)19(23)25)29-13-14-7-9-22(10-8-14)31(4,27)28/h5-6,14,24H,7-13H2,1-4H3. The van der Waals surface area contributed by atoms with Gasteiger partial charge in [-0.05, 0) is 56.7 Å². The predicted molar refractivity (Wildman–Crippen MR) is 113 cm³/mol. The number of aliphatic hydroxyl groups is 1. The number of nitrogens with zero attached hydrogens (tertiary/aromatic N) is 2. The van der Waals surface area contributed by atoms with Gasteiger partial charge in [-0.25, -0.2) is 22.4 Å². The number of benzene rings is 1. The summed E-state index contributed by atoms with van der Waals surface area (Å²) in [5.74, 6) is -0.000112. The Morgan fingerprint density at radius 1 is 1.23 bits per heavy atom. The van der Waals surface area contributed by atoms with E-state index < -0.39 is 27.6 Å². The van der Waals surface area contributed by atoms with Gasteiger partial charge >= 0.3 is 6.09 Å². The molecule has 1 saturated heterocycles. The molecule has 0 aliphatic carbocycles. The van der Waals surface area contributed by atoms with Gasteiger partial charge in [-0.3, -0.25) is 4.79 Å². The van der Waals surface area contributed by atoms with Crippen LogP contribution in [0.5, 0.6) is 5.75 Å². The maximum atomic E-state index is 13.0. The van der Waals surface area contributed by atoms with E-state index in [1.165, 1.54) is 10.6 Å². The van der Waals surface area contributed by atoms with Gasteiger partial charge in [-0.1, -0.05) is 6.07 Å². The van der Waals surface area contributed by atoms with E-state index in [0.29, 0.717) is 49.4 Å². The van der Waals surface area contributed by atoms with E-state index in [0.717, 1.165) is 4.90 Å². The minimum Gasteiger partial charge on any atom is -0.492 e. The van der Waals surface area contributed by atoms with Crippen molar-refractivity contribution in [2.24, 2.45) is 5.92 Å². The molecule has 1 N–H and O–H groups in total. The molecule has 0 radical (unpaired) electrons. The van der Waals surface area contributed by atoms with Crippen LogP contribution >= 0.6 is 0 Å². The van der Waals surface area contributed by atoms with Gasteiger partial charge in [0.15, 0.2) is 0 Å². The van der Waals surface area contributed by atoms with Crippen LogP contribution in [0, 0.1) is 5.92 Å². The van der Waals surface area contributed by atoms with Gasteiger partial charge in [-0.15, -0.1) is 0 Å². The predicted octanol–water partition coefficient (Wildman–Crippen LogP) is 2.12. The number of aliphatic hydroxyl groups excluding tert-OH is 1. The van der Waals surface area contributed by atoms with Crippen LogP contribution in [-0.2, 0) is 27.9 Å². The van der Waals surface area contributed by atoms with Crippen LogP contribution in [-0.4, -0.2) is 66.3 Å². The highest BCUT2D eigenvalue weighted by Gasteiger charge is 2.39. The number of imide groups is 1. The Morgan fingerprint density at radius 3 is 2.42 bits per heavy atom. The Labute approximate surface area is 183 Å². The van der Waals surface area contributed by atoms with Gasteiger partial charge in [0, 0.05) is 13.1 Å². The molecule has 9 nitrogen and oxygen atoms in total. The SMILES string of the molecule is CC(C)(C)OC(=O)N1Cc2c(CO)ccc(OCC3CCN(S(C)(=O)=O)CC3)c2C1=O. The van der Waals surface area contributed by atoms with E-state index in [9.17, 15) is 23.1 Å². The van der Waals surface area contributed by atoms with E-state index >= 15 is 0 Å². The molecule has 0 bridgehead atoms. The molecular weight excluding hydrogens is 424 g/mol. The summed E-state index contributed by atoms with van der Waals surface area (Å²) in [6, 6.07) is 3.32. The van der Waals surface area contributed by atoms with E-state index in [2.05, 4.69) is 0 Å². The van der Waals surface area contributed by atoms with Crippen LogP contribution in [0.25, 0.3) is 0 Å². The molecule has 0 spiro atoms. The molecule has 0 aromatic heterocycles. The first-order chi connectivity index (χ1) is 14.4. The number of rotatable bonds is 5. The normalized spacial score (nSPS) is 18.2. The van der Waals surface area contributed by atoms with Gasteiger partial charge < -0.3 is 14.6 Å². The number of sulfonamides is 1. The minimum atomic E-state index is -3.19. The Hall–Kier alpha value is -2.17. The van der Waals surface area contributed by atoms with Gasteiger partial charge in [0.2, 0.25) is 10.0 Å². The third kappa shape index (κ3) is 5.36. The van der Waals surface area contributed by atoms with E-state index in [1.807, 2.05) is 0 Å². The second-order valence-electron chi connectivity index (χ2n) is 9.02. The highest BCUT2D eigenvalue weighted by Crippen LogP contribution is 2.35. The zero-order valence-corrected chi connectivity index (χ0v) is 19.2. The number of amides is 2.